The SMILES string of the molecule is CCc1cc(CNC(=O)c2cc(C(=O)N[C@H]3CCc4cc(-c5nnn(C)n5)ccc43)ncn2)co1. The Kier molecular flexibility index (Phi) is 6.04. The average Bonchev–Trinajstić information content (AvgIpc) is 3.62. The summed E-state index contributed by atoms with van der Waals surface area (Å²) in [6, 6.07) is 9.09. The maximum Gasteiger partial charge on any atom is 0.270 e. The van der Waals surface area contributed by atoms with Crippen molar-refractivity contribution in [1.29, 1.82) is 0 Å². The zero-order chi connectivity index (χ0) is 24.4. The van der Waals surface area contributed by atoms with Crippen molar-refractivity contribution in [3.05, 3.63) is 76.8 Å². The first-order valence-electron chi connectivity index (χ1n) is 11.3. The molecular formula is C24H24N8O3. The van der Waals surface area contributed by atoms with Crippen LogP contribution in [0.25, 0.3) is 11.4 Å². The Morgan fingerprint density at radius 1 is 1.14 bits per heavy atom. The highest BCUT2D eigenvalue weighted by molar-refractivity contribution is 5.97. The summed E-state index contributed by atoms with van der Waals surface area (Å²) in [5.74, 6) is 0.664. The molecule has 3 aromatic heterocycles. The van der Waals surface area contributed by atoms with Gasteiger partial charge < -0.3 is 15.1 Å². The van der Waals surface area contributed by atoms with Crippen molar-refractivity contribution in [3.8, 4) is 11.4 Å². The number of nitrogens with zero attached hydrogens (tertiary/aromatic N) is 6. The number of benzene rings is 1. The molecule has 2 N–H and O–H groups in total. The number of aryl methyl sites for hydroxylation is 3. The van der Waals surface area contributed by atoms with Crippen LogP contribution in [0.2, 0.25) is 0 Å². The summed E-state index contributed by atoms with van der Waals surface area (Å²) in [5, 5.41) is 18.0. The van der Waals surface area contributed by atoms with Crippen LogP contribution in [0.15, 0.2) is 47.3 Å². The van der Waals surface area contributed by atoms with E-state index in [1.165, 1.54) is 17.2 Å². The number of furan rings is 1. The zero-order valence-electron chi connectivity index (χ0n) is 19.4. The Morgan fingerprint density at radius 3 is 2.71 bits per heavy atom. The van der Waals surface area contributed by atoms with Crippen LogP contribution >= 0.6 is 0 Å². The quantitative estimate of drug-likeness (QED) is 0.417. The van der Waals surface area contributed by atoms with E-state index < -0.39 is 5.91 Å². The fourth-order valence-electron chi connectivity index (χ4n) is 4.12. The first-order valence-corrected chi connectivity index (χ1v) is 11.3. The standard InChI is InChI=1S/C24H24N8O3/c1-3-17-8-14(12-35-17)11-25-23(33)20-10-21(27-13-26-20)24(34)28-19-7-5-15-9-16(4-6-18(15)19)22-29-31-32(2)30-22/h4,6,8-10,12-13,19H,3,5,7,11H2,1-2H3,(H,25,33)(H,28,34)/t19-/m0/s1. The minimum Gasteiger partial charge on any atom is -0.469 e. The van der Waals surface area contributed by atoms with Gasteiger partial charge in [0.1, 0.15) is 23.5 Å². The van der Waals surface area contributed by atoms with Gasteiger partial charge in [0.05, 0.1) is 19.4 Å². The lowest BCUT2D eigenvalue weighted by Gasteiger charge is -2.14. The molecule has 2 amide bonds. The molecule has 0 spiro atoms. The lowest BCUT2D eigenvalue weighted by molar-refractivity contribution is 0.0931. The van der Waals surface area contributed by atoms with Crippen molar-refractivity contribution < 1.29 is 14.0 Å². The normalized spacial score (nSPS) is 14.5. The molecular weight excluding hydrogens is 448 g/mol. The molecule has 4 aromatic rings. The number of tetrazole rings is 1. The fraction of sp³-hybridized carbons (Fsp3) is 0.292. The number of carbonyl (C=O) groups is 2. The molecule has 0 saturated heterocycles. The summed E-state index contributed by atoms with van der Waals surface area (Å²) in [4.78, 5) is 35.0. The lowest BCUT2D eigenvalue weighted by atomic mass is 10.0. The summed E-state index contributed by atoms with van der Waals surface area (Å²) in [6.07, 6.45) is 5.20. The number of nitrogens with one attached hydrogen (secondary N) is 2. The van der Waals surface area contributed by atoms with E-state index in [0.717, 1.165) is 47.3 Å². The van der Waals surface area contributed by atoms with Gasteiger partial charge in [0.25, 0.3) is 11.8 Å². The maximum atomic E-state index is 12.9. The number of aromatic nitrogens is 6. The third-order valence-corrected chi connectivity index (χ3v) is 5.93. The number of carbonyl (C=O) groups excluding carboxylic acids is 2. The van der Waals surface area contributed by atoms with Crippen molar-refractivity contribution in [2.24, 2.45) is 7.05 Å². The average molecular weight is 473 g/mol. The third kappa shape index (κ3) is 4.79. The first kappa shape index (κ1) is 22.4. The van der Waals surface area contributed by atoms with E-state index in [2.05, 4.69) is 36.0 Å². The highest BCUT2D eigenvalue weighted by atomic mass is 16.3. The maximum absolute atomic E-state index is 12.9. The highest BCUT2D eigenvalue weighted by Gasteiger charge is 2.26. The smallest absolute Gasteiger partial charge is 0.270 e. The van der Waals surface area contributed by atoms with Crippen molar-refractivity contribution in [3.63, 3.8) is 0 Å². The predicted molar refractivity (Wildman–Crippen MR) is 124 cm³/mol. The Balaban J connectivity index is 1.24. The van der Waals surface area contributed by atoms with E-state index in [1.807, 2.05) is 31.2 Å². The summed E-state index contributed by atoms with van der Waals surface area (Å²) in [5.41, 5.74) is 4.18. The highest BCUT2D eigenvalue weighted by Crippen LogP contribution is 2.33. The molecule has 1 aromatic carbocycles. The molecule has 1 aliphatic rings. The minimum absolute atomic E-state index is 0.122. The van der Waals surface area contributed by atoms with Gasteiger partial charge in [-0.15, -0.1) is 10.2 Å². The van der Waals surface area contributed by atoms with Gasteiger partial charge in [0.15, 0.2) is 0 Å². The second-order valence-corrected chi connectivity index (χ2v) is 8.33. The number of rotatable bonds is 7. The number of fused-ring (bicyclic) bond motifs is 1. The molecule has 3 heterocycles. The van der Waals surface area contributed by atoms with Gasteiger partial charge in [-0.25, -0.2) is 9.97 Å². The molecule has 1 atom stereocenters. The molecule has 11 heteroatoms. The van der Waals surface area contributed by atoms with E-state index in [0.29, 0.717) is 12.4 Å². The second kappa shape index (κ2) is 9.45. The molecule has 0 radical (unpaired) electrons. The van der Waals surface area contributed by atoms with Crippen LogP contribution < -0.4 is 10.6 Å². The van der Waals surface area contributed by atoms with Crippen LogP contribution in [0.4, 0.5) is 0 Å². The molecule has 1 aliphatic carbocycles. The van der Waals surface area contributed by atoms with Crippen molar-refractivity contribution in [2.45, 2.75) is 38.8 Å². The van der Waals surface area contributed by atoms with Crippen molar-refractivity contribution in [2.75, 3.05) is 0 Å². The van der Waals surface area contributed by atoms with Crippen LogP contribution in [0.1, 0.15) is 62.8 Å². The summed E-state index contributed by atoms with van der Waals surface area (Å²) in [6.45, 7) is 2.30. The van der Waals surface area contributed by atoms with E-state index >= 15 is 0 Å². The van der Waals surface area contributed by atoms with E-state index in [4.69, 9.17) is 4.42 Å². The Hall–Kier alpha value is -4.41. The Bertz CT molecular complexity index is 1390. The van der Waals surface area contributed by atoms with Gasteiger partial charge >= 0.3 is 0 Å². The molecule has 0 fully saturated rings. The minimum atomic E-state index is -0.392. The van der Waals surface area contributed by atoms with Gasteiger partial charge in [-0.3, -0.25) is 9.59 Å². The van der Waals surface area contributed by atoms with Crippen molar-refractivity contribution >= 4 is 11.8 Å². The van der Waals surface area contributed by atoms with Crippen LogP contribution in [-0.2, 0) is 26.4 Å². The third-order valence-electron chi connectivity index (χ3n) is 5.93. The van der Waals surface area contributed by atoms with Gasteiger partial charge in [-0.05, 0) is 41.3 Å². The molecule has 0 aliphatic heterocycles. The van der Waals surface area contributed by atoms with Crippen LogP contribution in [0.3, 0.4) is 0 Å². The molecule has 0 bridgehead atoms. The molecule has 5 rings (SSSR count). The van der Waals surface area contributed by atoms with E-state index in [-0.39, 0.29) is 23.3 Å². The number of hydrogen-bond acceptors (Lipinski definition) is 8. The topological polar surface area (TPSA) is 141 Å². The first-order chi connectivity index (χ1) is 17.0. The molecule has 35 heavy (non-hydrogen) atoms. The zero-order valence-corrected chi connectivity index (χ0v) is 19.4. The molecule has 0 unspecified atom stereocenters. The number of amides is 2. The second-order valence-electron chi connectivity index (χ2n) is 8.33. The molecule has 11 nitrogen and oxygen atoms in total. The van der Waals surface area contributed by atoms with Crippen LogP contribution in [0.5, 0.6) is 0 Å². The number of hydrogen-bond donors (Lipinski definition) is 2. The van der Waals surface area contributed by atoms with Gasteiger partial charge in [0.2, 0.25) is 5.82 Å². The van der Waals surface area contributed by atoms with Crippen molar-refractivity contribution in [1.82, 2.24) is 40.8 Å². The van der Waals surface area contributed by atoms with E-state index in [1.54, 1.807) is 13.3 Å². The molecule has 0 saturated carbocycles. The predicted octanol–water partition coefficient (Wildman–Crippen LogP) is 2.17. The lowest BCUT2D eigenvalue weighted by Crippen LogP contribution is -2.29. The van der Waals surface area contributed by atoms with Gasteiger partial charge in [0, 0.05) is 30.2 Å². The summed E-state index contributed by atoms with van der Waals surface area (Å²) in [7, 11) is 1.72. The Labute approximate surface area is 201 Å². The summed E-state index contributed by atoms with van der Waals surface area (Å²) < 4.78 is 5.38. The van der Waals surface area contributed by atoms with Crippen LogP contribution in [-0.4, -0.2) is 42.0 Å². The fourth-order valence-corrected chi connectivity index (χ4v) is 4.12. The van der Waals surface area contributed by atoms with Gasteiger partial charge in [-0.2, -0.15) is 4.80 Å². The van der Waals surface area contributed by atoms with Gasteiger partial charge in [-0.1, -0.05) is 19.1 Å². The largest absolute Gasteiger partial charge is 0.469 e. The molecule has 178 valence electrons. The Morgan fingerprint density at radius 2 is 1.97 bits per heavy atom. The summed E-state index contributed by atoms with van der Waals surface area (Å²) >= 11 is 0. The monoisotopic (exact) mass is 472 g/mol. The van der Waals surface area contributed by atoms with Crippen LogP contribution in [0, 0.1) is 0 Å². The van der Waals surface area contributed by atoms with E-state index in [9.17, 15) is 9.59 Å².